The van der Waals surface area contributed by atoms with Gasteiger partial charge in [-0.15, -0.1) is 11.3 Å². The smallest absolute Gasteiger partial charge is 0.326 e. The number of carbonyl (C=O) groups excluding carboxylic acids is 3. The van der Waals surface area contributed by atoms with E-state index in [2.05, 4.69) is 10.6 Å². The summed E-state index contributed by atoms with van der Waals surface area (Å²) in [6, 6.07) is 19.2. The van der Waals surface area contributed by atoms with E-state index in [-0.39, 0.29) is 12.5 Å². The Morgan fingerprint density at radius 2 is 1.69 bits per heavy atom. The first-order valence-electron chi connectivity index (χ1n) is 10.1. The highest BCUT2D eigenvalue weighted by molar-refractivity contribution is 7.13. The Morgan fingerprint density at radius 3 is 2.38 bits per heavy atom. The number of hydrogen-bond donors (Lipinski definition) is 2. The van der Waals surface area contributed by atoms with E-state index in [0.29, 0.717) is 28.5 Å². The largest absolute Gasteiger partial charge is 0.492 e. The summed E-state index contributed by atoms with van der Waals surface area (Å²) in [7, 11) is 0. The van der Waals surface area contributed by atoms with Crippen LogP contribution >= 0.6 is 11.3 Å². The van der Waals surface area contributed by atoms with Gasteiger partial charge in [0.15, 0.2) is 0 Å². The minimum atomic E-state index is -1.20. The molecule has 32 heavy (non-hydrogen) atoms. The molecule has 0 fully saturated rings. The fraction of sp³-hybridized carbons (Fsp3) is 0.208. The molecule has 0 radical (unpaired) electrons. The zero-order chi connectivity index (χ0) is 22.9. The van der Waals surface area contributed by atoms with Gasteiger partial charge in [0.2, 0.25) is 6.10 Å². The summed E-state index contributed by atoms with van der Waals surface area (Å²) in [6.45, 7) is 3.82. The van der Waals surface area contributed by atoms with Crippen molar-refractivity contribution in [1.29, 1.82) is 0 Å². The van der Waals surface area contributed by atoms with E-state index < -0.39 is 18.0 Å². The number of anilines is 1. The first kappa shape index (κ1) is 23.0. The first-order valence-corrected chi connectivity index (χ1v) is 10.9. The molecule has 8 heteroatoms. The van der Waals surface area contributed by atoms with Crippen LogP contribution in [0.1, 0.15) is 33.1 Å². The van der Waals surface area contributed by atoms with Crippen LogP contribution in [-0.2, 0) is 14.3 Å². The molecule has 0 aliphatic rings. The molecule has 0 aliphatic heterocycles. The first-order chi connectivity index (χ1) is 15.5. The van der Waals surface area contributed by atoms with E-state index in [1.54, 1.807) is 60.7 Å². The Bertz CT molecular complexity index is 1080. The van der Waals surface area contributed by atoms with Gasteiger partial charge in [-0.3, -0.25) is 14.4 Å². The lowest BCUT2D eigenvalue weighted by atomic mass is 10.1. The Morgan fingerprint density at radius 1 is 0.969 bits per heavy atom. The van der Waals surface area contributed by atoms with E-state index in [1.807, 2.05) is 19.9 Å². The molecule has 3 aromatic rings. The molecule has 0 aliphatic carbocycles. The summed E-state index contributed by atoms with van der Waals surface area (Å²) in [5, 5.41) is 5.29. The quantitative estimate of drug-likeness (QED) is 0.477. The Kier molecular flexibility index (Phi) is 7.99. The van der Waals surface area contributed by atoms with Gasteiger partial charge in [-0.2, -0.15) is 0 Å². The van der Waals surface area contributed by atoms with E-state index in [4.69, 9.17) is 9.47 Å². The van der Waals surface area contributed by atoms with Gasteiger partial charge in [0.05, 0.1) is 17.2 Å². The Labute approximate surface area is 190 Å². The topological polar surface area (TPSA) is 93.7 Å². The van der Waals surface area contributed by atoms with E-state index in [9.17, 15) is 14.4 Å². The summed E-state index contributed by atoms with van der Waals surface area (Å²) in [5.74, 6) is -1.11. The summed E-state index contributed by atoms with van der Waals surface area (Å²) in [6.07, 6.45) is -1.20. The number of rotatable bonds is 9. The predicted molar refractivity (Wildman–Crippen MR) is 123 cm³/mol. The molecule has 1 atom stereocenters. The molecule has 1 unspecified atom stereocenters. The lowest BCUT2D eigenvalue weighted by Gasteiger charge is -2.19. The van der Waals surface area contributed by atoms with Crippen LogP contribution in [0.3, 0.4) is 0 Å². The lowest BCUT2D eigenvalue weighted by Crippen LogP contribution is -2.33. The van der Waals surface area contributed by atoms with Crippen LogP contribution in [0.5, 0.6) is 5.75 Å². The number of carbonyl (C=O) groups is 3. The van der Waals surface area contributed by atoms with E-state index >= 15 is 0 Å². The van der Waals surface area contributed by atoms with Crippen molar-refractivity contribution in [3.8, 4) is 5.75 Å². The molecule has 0 bridgehead atoms. The van der Waals surface area contributed by atoms with Crippen LogP contribution in [0.4, 0.5) is 5.69 Å². The number of benzene rings is 2. The number of amides is 2. The number of esters is 1. The van der Waals surface area contributed by atoms with Crippen LogP contribution in [-0.4, -0.2) is 30.9 Å². The van der Waals surface area contributed by atoms with Gasteiger partial charge < -0.3 is 20.1 Å². The Balaban J connectivity index is 1.70. The van der Waals surface area contributed by atoms with Crippen LogP contribution in [0.2, 0.25) is 0 Å². The number of aryl methyl sites for hydroxylation is 1. The highest BCUT2D eigenvalue weighted by Gasteiger charge is 2.26. The zero-order valence-electron chi connectivity index (χ0n) is 17.8. The van der Waals surface area contributed by atoms with Gasteiger partial charge in [-0.1, -0.05) is 42.5 Å². The summed E-state index contributed by atoms with van der Waals surface area (Å²) < 4.78 is 11.0. The molecule has 0 saturated carbocycles. The molecular weight excluding hydrogens is 428 g/mol. The van der Waals surface area contributed by atoms with Gasteiger partial charge in [0, 0.05) is 10.4 Å². The molecule has 0 saturated heterocycles. The molecule has 166 valence electrons. The molecule has 2 aromatic carbocycles. The second-order valence-corrected chi connectivity index (χ2v) is 8.08. The van der Waals surface area contributed by atoms with Crippen LogP contribution in [0, 0.1) is 6.92 Å². The minimum Gasteiger partial charge on any atom is -0.492 e. The van der Waals surface area contributed by atoms with Crippen molar-refractivity contribution in [2.75, 3.05) is 18.5 Å². The van der Waals surface area contributed by atoms with Crippen LogP contribution < -0.4 is 15.4 Å². The maximum Gasteiger partial charge on any atom is 0.326 e. The van der Waals surface area contributed by atoms with Crippen molar-refractivity contribution >= 4 is 34.8 Å². The monoisotopic (exact) mass is 452 g/mol. The van der Waals surface area contributed by atoms with Gasteiger partial charge in [-0.05, 0) is 38.1 Å². The Hall–Kier alpha value is -3.65. The zero-order valence-corrected chi connectivity index (χ0v) is 18.6. The van der Waals surface area contributed by atoms with Crippen molar-refractivity contribution in [2.45, 2.75) is 20.0 Å². The second-order valence-electron chi connectivity index (χ2n) is 6.79. The number of hydrogen-bond acceptors (Lipinski definition) is 6. The molecule has 2 N–H and O–H groups in total. The molecule has 1 aromatic heterocycles. The average molecular weight is 453 g/mol. The van der Waals surface area contributed by atoms with Gasteiger partial charge in [0.25, 0.3) is 11.8 Å². The fourth-order valence-electron chi connectivity index (χ4n) is 2.92. The van der Waals surface area contributed by atoms with Crippen molar-refractivity contribution in [3.05, 3.63) is 82.0 Å². The van der Waals surface area contributed by atoms with Crippen LogP contribution in [0.25, 0.3) is 0 Å². The SMILES string of the molecule is CCOc1ccccc1NC(=O)C(OC(=O)CNC(=O)c1ccc(C)s1)c1ccccc1. The molecule has 2 amide bonds. The second kappa shape index (κ2) is 11.1. The molecule has 7 nitrogen and oxygen atoms in total. The van der Waals surface area contributed by atoms with Crippen molar-refractivity contribution in [3.63, 3.8) is 0 Å². The summed E-state index contributed by atoms with van der Waals surface area (Å²) in [5.41, 5.74) is 0.977. The fourth-order valence-corrected chi connectivity index (χ4v) is 3.70. The number of para-hydroxylation sites is 2. The molecular formula is C24H24N2O5S. The van der Waals surface area contributed by atoms with Gasteiger partial charge >= 0.3 is 5.97 Å². The molecule has 0 spiro atoms. The van der Waals surface area contributed by atoms with Crippen LogP contribution in [0.15, 0.2) is 66.7 Å². The maximum absolute atomic E-state index is 13.0. The third-order valence-corrected chi connectivity index (χ3v) is 5.39. The van der Waals surface area contributed by atoms with Gasteiger partial charge in [0.1, 0.15) is 12.3 Å². The van der Waals surface area contributed by atoms with E-state index in [0.717, 1.165) is 4.88 Å². The normalized spacial score (nSPS) is 11.3. The third kappa shape index (κ3) is 6.18. The highest BCUT2D eigenvalue weighted by Crippen LogP contribution is 2.26. The average Bonchev–Trinajstić information content (AvgIpc) is 3.24. The van der Waals surface area contributed by atoms with Crippen molar-refractivity contribution < 1.29 is 23.9 Å². The number of ether oxygens (including phenoxy) is 2. The summed E-state index contributed by atoms with van der Waals surface area (Å²) >= 11 is 1.33. The van der Waals surface area contributed by atoms with Crippen molar-refractivity contribution in [1.82, 2.24) is 5.32 Å². The van der Waals surface area contributed by atoms with Gasteiger partial charge in [-0.25, -0.2) is 0 Å². The number of nitrogens with one attached hydrogen (secondary N) is 2. The summed E-state index contributed by atoms with van der Waals surface area (Å²) in [4.78, 5) is 39.2. The molecule has 3 rings (SSSR count). The maximum atomic E-state index is 13.0. The highest BCUT2D eigenvalue weighted by atomic mass is 32.1. The van der Waals surface area contributed by atoms with Crippen molar-refractivity contribution in [2.24, 2.45) is 0 Å². The number of thiophene rings is 1. The molecule has 1 heterocycles. The minimum absolute atomic E-state index is 0.359. The van der Waals surface area contributed by atoms with E-state index in [1.165, 1.54) is 11.3 Å². The lowest BCUT2D eigenvalue weighted by molar-refractivity contribution is -0.153. The third-order valence-electron chi connectivity index (χ3n) is 4.39. The predicted octanol–water partition coefficient (Wildman–Crippen LogP) is 4.11. The standard InChI is InChI=1S/C24H24N2O5S/c1-3-30-19-12-8-7-11-18(19)26-24(29)22(17-9-5-4-6-10-17)31-21(27)15-25-23(28)20-14-13-16(2)32-20/h4-14,22H,3,15H2,1-2H3,(H,25,28)(H,26,29).